The van der Waals surface area contributed by atoms with Crippen molar-refractivity contribution >= 4 is 46.5 Å². The molecule has 0 spiro atoms. The van der Waals surface area contributed by atoms with Crippen LogP contribution in [0.15, 0.2) is 42.5 Å². The van der Waals surface area contributed by atoms with Crippen LogP contribution in [0.4, 0.5) is 0 Å². The van der Waals surface area contributed by atoms with Crippen LogP contribution in [0.3, 0.4) is 0 Å². The topological polar surface area (TPSA) is 17.0 Å². The van der Waals surface area contributed by atoms with E-state index in [1.54, 1.807) is 0 Å². The molecule has 3 aromatic rings. The average Bonchev–Trinajstić information content (AvgIpc) is 2.87. The van der Waals surface area contributed by atoms with Gasteiger partial charge in [-0.15, -0.1) is 12.4 Å². The number of nitrogens with zero attached hydrogens (tertiary/aromatic N) is 1. The number of nitrogens with one attached hydrogen (secondary N) is 1. The van der Waals surface area contributed by atoms with Gasteiger partial charge in [0.1, 0.15) is 0 Å². The predicted octanol–water partition coefficient (Wildman–Crippen LogP) is 7.00. The van der Waals surface area contributed by atoms with Crippen molar-refractivity contribution in [2.75, 3.05) is 0 Å². The van der Waals surface area contributed by atoms with Gasteiger partial charge in [0.05, 0.1) is 0 Å². The molecule has 0 bridgehead atoms. The van der Waals surface area contributed by atoms with E-state index in [0.717, 1.165) is 25.1 Å². The minimum atomic E-state index is 0. The number of rotatable bonds is 6. The van der Waals surface area contributed by atoms with Crippen molar-refractivity contribution in [3.8, 4) is 0 Å². The Kier molecular flexibility index (Phi) is 7.27. The van der Waals surface area contributed by atoms with E-state index < -0.39 is 0 Å². The highest BCUT2D eigenvalue weighted by Crippen LogP contribution is 2.29. The van der Waals surface area contributed by atoms with Gasteiger partial charge >= 0.3 is 0 Å². The number of hydrogen-bond donors (Lipinski definition) is 1. The molecule has 1 aromatic heterocycles. The van der Waals surface area contributed by atoms with E-state index in [9.17, 15) is 0 Å². The average molecular weight is 426 g/mol. The Morgan fingerprint density at radius 3 is 2.44 bits per heavy atom. The number of halogens is 3. The normalized spacial score (nSPS) is 11.6. The van der Waals surface area contributed by atoms with Gasteiger partial charge in [-0.3, -0.25) is 0 Å². The molecule has 3 rings (SSSR count). The van der Waals surface area contributed by atoms with Crippen molar-refractivity contribution < 1.29 is 0 Å². The van der Waals surface area contributed by atoms with Gasteiger partial charge in [-0.25, -0.2) is 0 Å². The summed E-state index contributed by atoms with van der Waals surface area (Å²) >= 11 is 12.5. The first kappa shape index (κ1) is 22.1. The lowest BCUT2D eigenvalue weighted by Gasteiger charge is -2.24. The molecule has 1 N–H and O–H groups in total. The van der Waals surface area contributed by atoms with Crippen LogP contribution in [0.25, 0.3) is 10.9 Å². The minimum Gasteiger partial charge on any atom is -0.340 e. The molecule has 27 heavy (non-hydrogen) atoms. The number of fused-ring (bicyclic) bond motifs is 1. The molecular formula is C22H27Cl3N2. The molecule has 0 radical (unpaired) electrons. The second kappa shape index (κ2) is 8.87. The van der Waals surface area contributed by atoms with E-state index in [1.807, 2.05) is 18.2 Å². The Morgan fingerprint density at radius 2 is 1.78 bits per heavy atom. The summed E-state index contributed by atoms with van der Waals surface area (Å²) in [7, 11) is 0. The molecule has 0 amide bonds. The van der Waals surface area contributed by atoms with Crippen molar-refractivity contribution in [3.63, 3.8) is 0 Å². The van der Waals surface area contributed by atoms with E-state index in [2.05, 4.69) is 61.8 Å². The van der Waals surface area contributed by atoms with Crippen LogP contribution in [0, 0.1) is 6.92 Å². The fourth-order valence-electron chi connectivity index (χ4n) is 3.20. The SMILES string of the molecule is CCC(C)(C)NCc1c(C)n(Cc2ccc(Cl)cc2Cl)c2ccccc12.Cl. The molecule has 146 valence electrons. The van der Waals surface area contributed by atoms with Gasteiger partial charge in [-0.1, -0.05) is 54.4 Å². The summed E-state index contributed by atoms with van der Waals surface area (Å²) in [6.07, 6.45) is 1.09. The van der Waals surface area contributed by atoms with Crippen molar-refractivity contribution in [3.05, 3.63) is 69.3 Å². The van der Waals surface area contributed by atoms with E-state index in [-0.39, 0.29) is 17.9 Å². The van der Waals surface area contributed by atoms with Gasteiger partial charge in [0, 0.05) is 45.3 Å². The maximum atomic E-state index is 6.42. The van der Waals surface area contributed by atoms with E-state index in [4.69, 9.17) is 23.2 Å². The first-order valence-electron chi connectivity index (χ1n) is 9.08. The number of benzene rings is 2. The smallest absolute Gasteiger partial charge is 0.0493 e. The van der Waals surface area contributed by atoms with Crippen molar-refractivity contribution in [1.29, 1.82) is 0 Å². The molecule has 0 aliphatic rings. The summed E-state index contributed by atoms with van der Waals surface area (Å²) in [6.45, 7) is 10.5. The Balaban J connectivity index is 0.00000261. The fourth-order valence-corrected chi connectivity index (χ4v) is 3.67. The quantitative estimate of drug-likeness (QED) is 0.449. The first-order valence-corrected chi connectivity index (χ1v) is 9.83. The molecule has 2 aromatic carbocycles. The first-order chi connectivity index (χ1) is 12.3. The lowest BCUT2D eigenvalue weighted by molar-refractivity contribution is 0.374. The molecular weight excluding hydrogens is 399 g/mol. The zero-order valence-electron chi connectivity index (χ0n) is 16.3. The maximum absolute atomic E-state index is 6.42. The monoisotopic (exact) mass is 424 g/mol. The Morgan fingerprint density at radius 1 is 1.07 bits per heavy atom. The van der Waals surface area contributed by atoms with Crippen molar-refractivity contribution in [1.82, 2.24) is 9.88 Å². The van der Waals surface area contributed by atoms with Gasteiger partial charge < -0.3 is 9.88 Å². The van der Waals surface area contributed by atoms with Crippen LogP contribution in [0.2, 0.25) is 10.0 Å². The van der Waals surface area contributed by atoms with E-state index in [1.165, 1.54) is 22.2 Å². The number of hydrogen-bond acceptors (Lipinski definition) is 1. The summed E-state index contributed by atoms with van der Waals surface area (Å²) in [5.41, 5.74) is 5.06. The molecule has 0 aliphatic heterocycles. The Bertz CT molecular complexity index is 929. The Hall–Kier alpha value is -1.19. The van der Waals surface area contributed by atoms with Crippen LogP contribution in [-0.4, -0.2) is 10.1 Å². The summed E-state index contributed by atoms with van der Waals surface area (Å²) in [5, 5.41) is 6.37. The largest absolute Gasteiger partial charge is 0.340 e. The summed E-state index contributed by atoms with van der Waals surface area (Å²) < 4.78 is 2.35. The summed E-state index contributed by atoms with van der Waals surface area (Å²) in [6, 6.07) is 14.3. The van der Waals surface area contributed by atoms with Crippen molar-refractivity contribution in [2.45, 2.75) is 52.7 Å². The van der Waals surface area contributed by atoms with Gasteiger partial charge in [0.15, 0.2) is 0 Å². The van der Waals surface area contributed by atoms with Crippen LogP contribution < -0.4 is 5.32 Å². The molecule has 0 aliphatic carbocycles. The lowest BCUT2D eigenvalue weighted by atomic mass is 10.0. The molecule has 2 nitrogen and oxygen atoms in total. The van der Waals surface area contributed by atoms with Gasteiger partial charge in [0.25, 0.3) is 0 Å². The molecule has 0 saturated carbocycles. The summed E-state index contributed by atoms with van der Waals surface area (Å²) in [5.74, 6) is 0. The van der Waals surface area contributed by atoms with Crippen molar-refractivity contribution in [2.24, 2.45) is 0 Å². The lowest BCUT2D eigenvalue weighted by Crippen LogP contribution is -2.37. The molecule has 1 heterocycles. The van der Waals surface area contributed by atoms with Crippen LogP contribution in [0.5, 0.6) is 0 Å². The number of para-hydroxylation sites is 1. The van der Waals surface area contributed by atoms with Gasteiger partial charge in [-0.05, 0) is 56.5 Å². The zero-order valence-corrected chi connectivity index (χ0v) is 18.6. The standard InChI is InChI=1S/C22H26Cl2N2.ClH/c1-5-22(3,4)25-13-19-15(2)26(21-9-7-6-8-18(19)21)14-16-10-11-17(23)12-20(16)24;/h6-12,25H,5,13-14H2,1-4H3;1H. The summed E-state index contributed by atoms with van der Waals surface area (Å²) in [4.78, 5) is 0. The molecule has 0 atom stereocenters. The number of aromatic nitrogens is 1. The highest BCUT2D eigenvalue weighted by molar-refractivity contribution is 6.35. The van der Waals surface area contributed by atoms with Crippen LogP contribution in [0.1, 0.15) is 44.0 Å². The predicted molar refractivity (Wildman–Crippen MR) is 121 cm³/mol. The fraction of sp³-hybridized carbons (Fsp3) is 0.364. The minimum absolute atomic E-state index is 0. The highest BCUT2D eigenvalue weighted by atomic mass is 35.5. The Labute approximate surface area is 178 Å². The van der Waals surface area contributed by atoms with Crippen LogP contribution >= 0.6 is 35.6 Å². The maximum Gasteiger partial charge on any atom is 0.0493 e. The third-order valence-electron chi connectivity index (χ3n) is 5.33. The third-order valence-corrected chi connectivity index (χ3v) is 5.92. The molecule has 0 saturated heterocycles. The second-order valence-electron chi connectivity index (χ2n) is 7.49. The zero-order chi connectivity index (χ0) is 18.9. The van der Waals surface area contributed by atoms with E-state index >= 15 is 0 Å². The second-order valence-corrected chi connectivity index (χ2v) is 8.34. The van der Waals surface area contributed by atoms with Gasteiger partial charge in [-0.2, -0.15) is 0 Å². The molecule has 5 heteroatoms. The molecule has 0 unspecified atom stereocenters. The van der Waals surface area contributed by atoms with Gasteiger partial charge in [0.2, 0.25) is 0 Å². The van der Waals surface area contributed by atoms with Crippen LogP contribution in [-0.2, 0) is 13.1 Å². The third kappa shape index (κ3) is 4.81. The molecule has 0 fully saturated rings. The van der Waals surface area contributed by atoms with E-state index in [0.29, 0.717) is 10.0 Å². The highest BCUT2D eigenvalue weighted by Gasteiger charge is 2.18.